The molecule has 1 aliphatic heterocycles. The van der Waals surface area contributed by atoms with Gasteiger partial charge in [-0.3, -0.25) is 19.9 Å². The molecule has 0 atom stereocenters. The first-order chi connectivity index (χ1) is 21.3. The number of aromatic nitrogens is 3. The topological polar surface area (TPSA) is 162 Å². The van der Waals surface area contributed by atoms with E-state index in [1.54, 1.807) is 71.7 Å². The number of benzene rings is 2. The molecule has 1 aliphatic rings. The zero-order valence-electron chi connectivity index (χ0n) is 25.4. The molecule has 4 amide bonds. The second kappa shape index (κ2) is 12.4. The van der Waals surface area contributed by atoms with Crippen LogP contribution in [0, 0.1) is 0 Å². The molecule has 1 fully saturated rings. The van der Waals surface area contributed by atoms with Gasteiger partial charge in [-0.1, -0.05) is 32.9 Å². The van der Waals surface area contributed by atoms with Crippen molar-refractivity contribution in [2.24, 2.45) is 0 Å². The Morgan fingerprint density at radius 2 is 1.58 bits per heavy atom. The smallest absolute Gasteiger partial charge is 0.330 e. The van der Waals surface area contributed by atoms with E-state index in [4.69, 9.17) is 9.84 Å². The number of likely N-dealkylation sites (N-methyl/N-ethyl adjacent to an activating group) is 1. The largest absolute Gasteiger partial charge is 0.493 e. The lowest BCUT2D eigenvalue weighted by Gasteiger charge is -2.23. The number of ether oxygens (including phenoxy) is 1. The van der Waals surface area contributed by atoms with Gasteiger partial charge in [-0.25, -0.2) is 19.5 Å². The van der Waals surface area contributed by atoms with Crippen LogP contribution in [0.2, 0.25) is 0 Å². The Labute approximate surface area is 260 Å². The Kier molecular flexibility index (Phi) is 8.57. The van der Waals surface area contributed by atoms with Gasteiger partial charge < -0.3 is 20.3 Å². The van der Waals surface area contributed by atoms with E-state index >= 15 is 0 Å². The lowest BCUT2D eigenvalue weighted by molar-refractivity contribution is -0.186. The van der Waals surface area contributed by atoms with Crippen molar-refractivity contribution < 1.29 is 29.3 Å². The fourth-order valence-corrected chi connectivity index (χ4v) is 4.62. The van der Waals surface area contributed by atoms with E-state index < -0.39 is 23.6 Å². The van der Waals surface area contributed by atoms with Gasteiger partial charge in [0, 0.05) is 43.0 Å². The van der Waals surface area contributed by atoms with Gasteiger partial charge in [-0.15, -0.1) is 0 Å². The molecule has 0 bridgehead atoms. The number of hydrogen-bond acceptors (Lipinski definition) is 8. The molecule has 4 N–H and O–H groups in total. The molecular weight excluding hydrogens is 578 g/mol. The highest BCUT2D eigenvalue weighted by Gasteiger charge is 2.55. The Morgan fingerprint density at radius 1 is 0.911 bits per heavy atom. The molecule has 0 spiro atoms. The summed E-state index contributed by atoms with van der Waals surface area (Å²) >= 11 is 0. The zero-order valence-corrected chi connectivity index (χ0v) is 25.4. The SMILES string of the molecule is CN1C(=O)C(O)(O)C(=O)N1Cc1ccc(-n2nc(C(C)(C)C)cc2NC(=O)Nc2ccc(OCCc3ccncc3)cc2)cc1. The Hall–Kier alpha value is -5.27. The summed E-state index contributed by atoms with van der Waals surface area (Å²) in [5.41, 5.74) is 3.42. The van der Waals surface area contributed by atoms with Crippen LogP contribution < -0.4 is 15.4 Å². The molecule has 4 aromatic rings. The van der Waals surface area contributed by atoms with Gasteiger partial charge in [0.05, 0.1) is 24.5 Å². The Morgan fingerprint density at radius 3 is 2.18 bits per heavy atom. The molecule has 13 nitrogen and oxygen atoms in total. The van der Waals surface area contributed by atoms with Crippen molar-refractivity contribution in [1.82, 2.24) is 24.8 Å². The minimum atomic E-state index is -3.08. The standard InChI is InChI=1S/C32H35N7O6/c1-31(2,3)26-19-27(35-30(42)34-23-7-11-25(12-8-23)45-18-15-21-13-16-33-17-14-21)39(36-26)24-9-5-22(6-10-24)20-38-29(41)32(43,44)28(40)37(38)4/h5-14,16-17,19,43-44H,15,18,20H2,1-4H3,(H2,34,35,42). The second-order valence-electron chi connectivity index (χ2n) is 11.7. The van der Waals surface area contributed by atoms with Crippen LogP contribution in [-0.2, 0) is 28.0 Å². The van der Waals surface area contributed by atoms with E-state index in [9.17, 15) is 24.6 Å². The number of carbonyl (C=O) groups excluding carboxylic acids is 3. The van der Waals surface area contributed by atoms with Crippen LogP contribution in [0.15, 0.2) is 79.1 Å². The Bertz CT molecular complexity index is 1680. The van der Waals surface area contributed by atoms with Gasteiger partial charge >= 0.3 is 23.6 Å². The van der Waals surface area contributed by atoms with Crippen molar-refractivity contribution in [2.45, 2.75) is 44.9 Å². The molecule has 45 heavy (non-hydrogen) atoms. The van der Waals surface area contributed by atoms with E-state index in [0.717, 1.165) is 27.7 Å². The number of hydrogen-bond donors (Lipinski definition) is 4. The van der Waals surface area contributed by atoms with Gasteiger partial charge in [-0.2, -0.15) is 5.10 Å². The molecule has 5 rings (SSSR count). The molecule has 234 valence electrons. The summed E-state index contributed by atoms with van der Waals surface area (Å²) in [6, 6.07) is 19.3. The monoisotopic (exact) mass is 613 g/mol. The number of pyridine rings is 1. The molecule has 2 aromatic carbocycles. The van der Waals surface area contributed by atoms with E-state index in [0.29, 0.717) is 35.1 Å². The number of nitrogens with one attached hydrogen (secondary N) is 2. The van der Waals surface area contributed by atoms with Crippen molar-refractivity contribution in [3.8, 4) is 11.4 Å². The number of urea groups is 1. The van der Waals surface area contributed by atoms with Gasteiger partial charge in [0.1, 0.15) is 11.6 Å². The van der Waals surface area contributed by atoms with Crippen LogP contribution in [-0.4, -0.2) is 72.3 Å². The molecule has 0 aliphatic carbocycles. The lowest BCUT2D eigenvalue weighted by Crippen LogP contribution is -2.43. The van der Waals surface area contributed by atoms with Crippen LogP contribution in [0.1, 0.15) is 37.6 Å². The average Bonchev–Trinajstić information content (AvgIpc) is 3.49. The first-order valence-corrected chi connectivity index (χ1v) is 14.3. The normalized spacial score (nSPS) is 14.5. The molecule has 3 heterocycles. The highest BCUT2D eigenvalue weighted by Crippen LogP contribution is 2.28. The summed E-state index contributed by atoms with van der Waals surface area (Å²) in [5, 5.41) is 31.9. The third-order valence-electron chi connectivity index (χ3n) is 7.24. The van der Waals surface area contributed by atoms with E-state index in [2.05, 4.69) is 15.6 Å². The predicted molar refractivity (Wildman–Crippen MR) is 165 cm³/mol. The minimum Gasteiger partial charge on any atom is -0.493 e. The number of rotatable bonds is 9. The molecule has 0 saturated carbocycles. The second-order valence-corrected chi connectivity index (χ2v) is 11.7. The molecule has 2 aromatic heterocycles. The maximum Gasteiger partial charge on any atom is 0.330 e. The summed E-state index contributed by atoms with van der Waals surface area (Å²) in [7, 11) is 1.29. The minimum absolute atomic E-state index is 0.0569. The van der Waals surface area contributed by atoms with Gasteiger partial charge in [0.2, 0.25) is 0 Å². The highest BCUT2D eigenvalue weighted by molar-refractivity contribution is 6.10. The zero-order chi connectivity index (χ0) is 32.4. The summed E-state index contributed by atoms with van der Waals surface area (Å²) in [4.78, 5) is 41.4. The van der Waals surface area contributed by atoms with Crippen molar-refractivity contribution >= 4 is 29.4 Å². The average molecular weight is 614 g/mol. The van der Waals surface area contributed by atoms with Gasteiger partial charge in [0.15, 0.2) is 0 Å². The number of amides is 4. The quantitative estimate of drug-likeness (QED) is 0.165. The third-order valence-corrected chi connectivity index (χ3v) is 7.24. The Balaban J connectivity index is 1.25. The first-order valence-electron chi connectivity index (χ1n) is 14.3. The van der Waals surface area contributed by atoms with Crippen LogP contribution >= 0.6 is 0 Å². The number of hydrazine groups is 1. The predicted octanol–water partition coefficient (Wildman–Crippen LogP) is 3.23. The van der Waals surface area contributed by atoms with Gasteiger partial charge in [0.25, 0.3) is 0 Å². The van der Waals surface area contributed by atoms with Crippen molar-refractivity contribution in [3.05, 3.63) is 95.9 Å². The van der Waals surface area contributed by atoms with E-state index in [1.165, 1.54) is 7.05 Å². The summed E-state index contributed by atoms with van der Waals surface area (Å²) in [6.45, 7) is 6.50. The van der Waals surface area contributed by atoms with Crippen LogP contribution in [0.4, 0.5) is 16.3 Å². The number of nitrogens with zero attached hydrogens (tertiary/aromatic N) is 5. The maximum absolute atomic E-state index is 13.0. The van der Waals surface area contributed by atoms with E-state index in [1.807, 2.05) is 32.9 Å². The van der Waals surface area contributed by atoms with E-state index in [-0.39, 0.29) is 12.0 Å². The number of carbonyl (C=O) groups is 3. The molecular formula is C32H35N7O6. The first kappa shape index (κ1) is 31.2. The molecule has 0 unspecified atom stereocenters. The van der Waals surface area contributed by atoms with Gasteiger partial charge in [-0.05, 0) is 59.7 Å². The maximum atomic E-state index is 13.0. The fraction of sp³-hybridized carbons (Fsp3) is 0.281. The highest BCUT2D eigenvalue weighted by atomic mass is 16.5. The summed E-state index contributed by atoms with van der Waals surface area (Å²) < 4.78 is 7.42. The van der Waals surface area contributed by atoms with Crippen LogP contribution in [0.5, 0.6) is 5.75 Å². The van der Waals surface area contributed by atoms with Crippen molar-refractivity contribution in [1.29, 1.82) is 0 Å². The third kappa shape index (κ3) is 6.95. The molecule has 0 radical (unpaired) electrons. The fourth-order valence-electron chi connectivity index (χ4n) is 4.62. The van der Waals surface area contributed by atoms with Crippen molar-refractivity contribution in [2.75, 3.05) is 24.3 Å². The number of aliphatic hydroxyl groups is 2. The number of anilines is 2. The van der Waals surface area contributed by atoms with Crippen LogP contribution in [0.3, 0.4) is 0 Å². The molecule has 13 heteroatoms. The van der Waals surface area contributed by atoms with Crippen molar-refractivity contribution in [3.63, 3.8) is 0 Å². The van der Waals surface area contributed by atoms with Crippen LogP contribution in [0.25, 0.3) is 5.69 Å². The summed E-state index contributed by atoms with van der Waals surface area (Å²) in [5.74, 6) is -4.20. The summed E-state index contributed by atoms with van der Waals surface area (Å²) in [6.07, 6.45) is 4.25. The molecule has 1 saturated heterocycles. The lowest BCUT2D eigenvalue weighted by atomic mass is 9.92.